The van der Waals surface area contributed by atoms with Crippen molar-refractivity contribution >= 4 is 28.7 Å². The predicted molar refractivity (Wildman–Crippen MR) is 134 cm³/mol. The van der Waals surface area contributed by atoms with Gasteiger partial charge in [-0.1, -0.05) is 103 Å². The summed E-state index contributed by atoms with van der Waals surface area (Å²) in [7, 11) is 0. The monoisotopic (exact) mass is 408 g/mol. The summed E-state index contributed by atoms with van der Waals surface area (Å²) in [5, 5.41) is 0. The second-order valence-corrected chi connectivity index (χ2v) is 8.25. The Kier molecular flexibility index (Phi) is 4.67. The molecule has 0 unspecified atom stereocenters. The molecular formula is C30H21BO. The van der Waals surface area contributed by atoms with E-state index >= 15 is 0 Å². The summed E-state index contributed by atoms with van der Waals surface area (Å²) < 4.78 is 6.28. The third kappa shape index (κ3) is 3.15. The summed E-state index contributed by atoms with van der Waals surface area (Å²) in [5.41, 5.74) is 8.69. The van der Waals surface area contributed by atoms with Crippen molar-refractivity contribution in [1.82, 2.24) is 0 Å². The molecule has 0 radical (unpaired) electrons. The number of rotatable bonds is 3. The van der Waals surface area contributed by atoms with Crippen LogP contribution in [0.3, 0.4) is 0 Å². The average molecular weight is 408 g/mol. The van der Waals surface area contributed by atoms with Gasteiger partial charge in [0.05, 0.1) is 0 Å². The highest BCUT2D eigenvalue weighted by molar-refractivity contribution is 6.98. The quantitative estimate of drug-likeness (QED) is 0.368. The molecule has 0 aromatic heterocycles. The molecule has 1 aliphatic carbocycles. The summed E-state index contributed by atoms with van der Waals surface area (Å²) in [6, 6.07) is 36.3. The molecule has 0 N–H and O–H groups in total. The molecule has 0 bridgehead atoms. The number of hydrogen-bond acceptors (Lipinski definition) is 1. The maximum atomic E-state index is 6.28. The number of hydrogen-bond donors (Lipinski definition) is 0. The van der Waals surface area contributed by atoms with E-state index in [2.05, 4.69) is 97.1 Å². The Balaban J connectivity index is 1.69. The van der Waals surface area contributed by atoms with Crippen molar-refractivity contribution in [2.45, 2.75) is 12.8 Å². The molecular weight excluding hydrogens is 387 g/mol. The highest BCUT2D eigenvalue weighted by Gasteiger charge is 2.36. The maximum absolute atomic E-state index is 6.28. The number of allylic oxidation sites excluding steroid dienone is 4. The topological polar surface area (TPSA) is 9.23 Å². The molecule has 150 valence electrons. The van der Waals surface area contributed by atoms with Crippen LogP contribution in [0.4, 0.5) is 0 Å². The van der Waals surface area contributed by atoms with Crippen LogP contribution in [0.2, 0.25) is 0 Å². The van der Waals surface area contributed by atoms with Crippen molar-refractivity contribution in [3.63, 3.8) is 0 Å². The molecule has 0 saturated heterocycles. The first-order valence-electron chi connectivity index (χ1n) is 11.1. The minimum atomic E-state index is 0.0191. The fourth-order valence-electron chi connectivity index (χ4n) is 4.93. The lowest BCUT2D eigenvalue weighted by Gasteiger charge is -2.29. The molecule has 4 aromatic carbocycles. The molecule has 0 amide bonds. The minimum Gasteiger partial charge on any atom is -0.458 e. The summed E-state index contributed by atoms with van der Waals surface area (Å²) in [6.07, 6.45) is 8.81. The molecule has 2 aliphatic rings. The van der Waals surface area contributed by atoms with Crippen molar-refractivity contribution < 1.29 is 4.74 Å². The highest BCUT2D eigenvalue weighted by atomic mass is 16.5. The van der Waals surface area contributed by atoms with E-state index in [1.54, 1.807) is 0 Å². The molecule has 0 spiro atoms. The summed E-state index contributed by atoms with van der Waals surface area (Å²) in [5.74, 6) is 1.77. The zero-order chi connectivity index (χ0) is 21.3. The summed E-state index contributed by atoms with van der Waals surface area (Å²) in [6.45, 7) is 0.0191. The lowest BCUT2D eigenvalue weighted by atomic mass is 9.34. The lowest BCUT2D eigenvalue weighted by molar-refractivity contribution is 0.487. The van der Waals surface area contributed by atoms with Gasteiger partial charge in [0.15, 0.2) is 0 Å². The Labute approximate surface area is 189 Å². The molecule has 1 heterocycles. The van der Waals surface area contributed by atoms with Crippen LogP contribution in [0.15, 0.2) is 103 Å². The van der Waals surface area contributed by atoms with Crippen molar-refractivity contribution in [1.29, 1.82) is 0 Å². The number of fused-ring (bicyclic) bond motifs is 2. The SMILES string of the molecule is c1ccc2c(c#1)B(c1c(C3=CC=CCC3)cccc1-c1ccccc1)c1ccccc1O2. The summed E-state index contributed by atoms with van der Waals surface area (Å²) >= 11 is 0. The van der Waals surface area contributed by atoms with E-state index < -0.39 is 0 Å². The first-order chi connectivity index (χ1) is 15.9. The van der Waals surface area contributed by atoms with Crippen LogP contribution in [-0.2, 0) is 0 Å². The first kappa shape index (κ1) is 18.8. The van der Waals surface area contributed by atoms with E-state index in [9.17, 15) is 0 Å². The zero-order valence-electron chi connectivity index (χ0n) is 17.7. The van der Waals surface area contributed by atoms with E-state index in [0.717, 1.165) is 29.8 Å². The molecule has 32 heavy (non-hydrogen) atoms. The highest BCUT2D eigenvalue weighted by Crippen LogP contribution is 2.30. The number of ether oxygens (including phenoxy) is 1. The van der Waals surface area contributed by atoms with Crippen molar-refractivity contribution in [3.8, 4) is 22.6 Å². The Bertz CT molecular complexity index is 1300. The maximum Gasteiger partial charge on any atom is 0.263 e. The Hall–Kier alpha value is -3.96. The van der Waals surface area contributed by atoms with Crippen LogP contribution in [0.1, 0.15) is 18.4 Å². The van der Waals surface area contributed by atoms with E-state index in [4.69, 9.17) is 4.74 Å². The second-order valence-electron chi connectivity index (χ2n) is 8.25. The predicted octanol–water partition coefficient (Wildman–Crippen LogP) is 5.31. The summed E-state index contributed by atoms with van der Waals surface area (Å²) in [4.78, 5) is 0. The molecule has 0 saturated carbocycles. The second kappa shape index (κ2) is 7.95. The van der Waals surface area contributed by atoms with Gasteiger partial charge in [0.1, 0.15) is 11.5 Å². The first-order valence-corrected chi connectivity index (χ1v) is 11.1. The van der Waals surface area contributed by atoms with Crippen molar-refractivity contribution in [2.24, 2.45) is 0 Å². The Morgan fingerprint density at radius 1 is 0.781 bits per heavy atom. The van der Waals surface area contributed by atoms with Gasteiger partial charge >= 0.3 is 0 Å². The van der Waals surface area contributed by atoms with Gasteiger partial charge in [-0.15, -0.1) is 0 Å². The standard InChI is InChI=1S/C30H21BO/c1-3-12-22(13-4-1)24-16-11-17-25(23-14-5-2-6-15-23)30(24)31-26-18-7-9-20-28(26)32-29-21-10-8-19-27(29)31/h1-5,7,9-14,16-18,20-21H,6,15H2. The number of benzene rings is 3. The van der Waals surface area contributed by atoms with Crippen LogP contribution < -0.4 is 21.1 Å². The molecule has 0 atom stereocenters. The smallest absolute Gasteiger partial charge is 0.263 e. The van der Waals surface area contributed by atoms with Crippen molar-refractivity contribution in [2.75, 3.05) is 0 Å². The van der Waals surface area contributed by atoms with E-state index in [1.807, 2.05) is 18.2 Å². The third-order valence-corrected chi connectivity index (χ3v) is 6.37. The van der Waals surface area contributed by atoms with Gasteiger partial charge in [0.25, 0.3) is 6.71 Å². The zero-order valence-corrected chi connectivity index (χ0v) is 17.7. The van der Waals surface area contributed by atoms with Gasteiger partial charge in [-0.05, 0) is 58.8 Å². The van der Waals surface area contributed by atoms with Gasteiger partial charge in [0.2, 0.25) is 0 Å². The lowest BCUT2D eigenvalue weighted by Crippen LogP contribution is -2.56. The Morgan fingerprint density at radius 2 is 1.62 bits per heavy atom. The van der Waals surface area contributed by atoms with Gasteiger partial charge in [-0.3, -0.25) is 0 Å². The van der Waals surface area contributed by atoms with Crippen LogP contribution in [0, 0.1) is 12.1 Å². The Morgan fingerprint density at radius 3 is 2.50 bits per heavy atom. The normalized spacial score (nSPS) is 14.0. The fraction of sp³-hybridized carbons (Fsp3) is 0.0667. The van der Waals surface area contributed by atoms with Crippen LogP contribution in [0.25, 0.3) is 16.7 Å². The molecule has 4 aromatic rings. The van der Waals surface area contributed by atoms with Crippen LogP contribution in [0.5, 0.6) is 11.5 Å². The van der Waals surface area contributed by atoms with E-state index in [1.165, 1.54) is 33.2 Å². The molecule has 2 heteroatoms. The van der Waals surface area contributed by atoms with Gasteiger partial charge in [-0.2, -0.15) is 0 Å². The van der Waals surface area contributed by atoms with E-state index in [0.29, 0.717) is 0 Å². The third-order valence-electron chi connectivity index (χ3n) is 6.37. The molecule has 0 fully saturated rings. The van der Waals surface area contributed by atoms with Gasteiger partial charge in [-0.25, -0.2) is 0 Å². The van der Waals surface area contributed by atoms with E-state index in [-0.39, 0.29) is 6.71 Å². The minimum absolute atomic E-state index is 0.0191. The van der Waals surface area contributed by atoms with Gasteiger partial charge in [0, 0.05) is 5.46 Å². The van der Waals surface area contributed by atoms with Crippen LogP contribution in [-0.4, -0.2) is 6.71 Å². The number of para-hydroxylation sites is 1. The molecule has 1 aliphatic heterocycles. The average Bonchev–Trinajstić information content (AvgIpc) is 2.88. The van der Waals surface area contributed by atoms with Gasteiger partial charge < -0.3 is 4.74 Å². The van der Waals surface area contributed by atoms with Crippen molar-refractivity contribution in [3.05, 3.63) is 121 Å². The molecule has 1 nitrogen and oxygen atoms in total. The molecule has 6 rings (SSSR count). The largest absolute Gasteiger partial charge is 0.458 e. The fourth-order valence-corrected chi connectivity index (χ4v) is 4.93. The van der Waals surface area contributed by atoms with Crippen LogP contribution >= 0.6 is 0 Å².